The van der Waals surface area contributed by atoms with Gasteiger partial charge >= 0.3 is 5.69 Å². The minimum atomic E-state index is -0.861. The van der Waals surface area contributed by atoms with E-state index in [-0.39, 0.29) is 17.3 Å². The molecule has 1 amide bonds. The molecule has 0 radical (unpaired) electrons. The molecule has 0 unspecified atom stereocenters. The summed E-state index contributed by atoms with van der Waals surface area (Å²) in [7, 11) is 1.58. The Morgan fingerprint density at radius 2 is 1.92 bits per heavy atom. The molecule has 0 aliphatic rings. The van der Waals surface area contributed by atoms with Gasteiger partial charge in [0.25, 0.3) is 5.91 Å². The summed E-state index contributed by atoms with van der Waals surface area (Å²) >= 11 is 0. The van der Waals surface area contributed by atoms with Crippen molar-refractivity contribution in [3.05, 3.63) is 63.7 Å². The fourth-order valence-electron chi connectivity index (χ4n) is 2.19. The minimum Gasteiger partial charge on any atom is -0.497 e. The van der Waals surface area contributed by atoms with Crippen LogP contribution in [0.15, 0.2) is 42.5 Å². The third-order valence-corrected chi connectivity index (χ3v) is 3.61. The summed E-state index contributed by atoms with van der Waals surface area (Å²) in [6.45, 7) is 3.63. The molecule has 0 fully saturated rings. The average Bonchev–Trinajstić information content (AvgIpc) is 2.61. The first-order chi connectivity index (χ1) is 11.9. The molecular weight excluding hydrogens is 324 g/mol. The second kappa shape index (κ2) is 8.14. The molecule has 0 aliphatic heterocycles. The zero-order chi connectivity index (χ0) is 18.4. The number of amides is 1. The third kappa shape index (κ3) is 4.94. The van der Waals surface area contributed by atoms with Crippen LogP contribution in [0.3, 0.4) is 0 Å². The molecule has 7 heteroatoms. The van der Waals surface area contributed by atoms with Crippen LogP contribution in [0, 0.1) is 17.0 Å². The van der Waals surface area contributed by atoms with Crippen molar-refractivity contribution >= 4 is 11.6 Å². The van der Waals surface area contributed by atoms with Crippen LogP contribution in [0.25, 0.3) is 0 Å². The predicted octanol–water partition coefficient (Wildman–Crippen LogP) is 3.00. The Balaban J connectivity index is 1.97. The number of rotatable bonds is 7. The van der Waals surface area contributed by atoms with Crippen LogP contribution in [-0.2, 0) is 11.3 Å². The number of aryl methyl sites for hydroxylation is 1. The van der Waals surface area contributed by atoms with Gasteiger partial charge in [-0.1, -0.05) is 18.2 Å². The Morgan fingerprint density at radius 1 is 1.24 bits per heavy atom. The summed E-state index contributed by atoms with van der Waals surface area (Å²) in [4.78, 5) is 22.7. The Kier molecular flexibility index (Phi) is 5.94. The molecule has 0 aliphatic carbocycles. The topological polar surface area (TPSA) is 90.7 Å². The lowest BCUT2D eigenvalue weighted by Gasteiger charge is -2.15. The third-order valence-electron chi connectivity index (χ3n) is 3.61. The van der Waals surface area contributed by atoms with Crippen LogP contribution >= 0.6 is 0 Å². The lowest BCUT2D eigenvalue weighted by atomic mass is 10.2. The largest absolute Gasteiger partial charge is 0.497 e. The smallest absolute Gasteiger partial charge is 0.311 e. The number of nitro benzene ring substituents is 1. The van der Waals surface area contributed by atoms with Crippen molar-refractivity contribution in [1.29, 1.82) is 0 Å². The van der Waals surface area contributed by atoms with Gasteiger partial charge in [-0.05, 0) is 43.2 Å². The number of methoxy groups -OCH3 is 1. The van der Waals surface area contributed by atoms with Crippen molar-refractivity contribution in [3.8, 4) is 11.5 Å². The zero-order valence-electron chi connectivity index (χ0n) is 14.3. The number of carbonyl (C=O) groups is 1. The van der Waals surface area contributed by atoms with E-state index in [0.717, 1.165) is 16.9 Å². The summed E-state index contributed by atoms with van der Waals surface area (Å²) in [6, 6.07) is 11.9. The van der Waals surface area contributed by atoms with Crippen molar-refractivity contribution in [2.24, 2.45) is 0 Å². The van der Waals surface area contributed by atoms with E-state index in [1.165, 1.54) is 12.1 Å². The van der Waals surface area contributed by atoms with Crippen LogP contribution in [0.1, 0.15) is 18.1 Å². The second-order valence-electron chi connectivity index (χ2n) is 5.55. The summed E-state index contributed by atoms with van der Waals surface area (Å²) < 4.78 is 10.6. The molecule has 2 rings (SSSR count). The highest BCUT2D eigenvalue weighted by Crippen LogP contribution is 2.28. The lowest BCUT2D eigenvalue weighted by Crippen LogP contribution is -2.36. The SMILES string of the molecule is COc1ccc(CNC(=O)[C@@H](C)Oc2ccc(C)cc2[N+](=O)[O-])cc1. The molecule has 25 heavy (non-hydrogen) atoms. The number of ether oxygens (including phenoxy) is 2. The highest BCUT2D eigenvalue weighted by Gasteiger charge is 2.21. The monoisotopic (exact) mass is 344 g/mol. The predicted molar refractivity (Wildman–Crippen MR) is 92.8 cm³/mol. The Morgan fingerprint density at radius 3 is 2.52 bits per heavy atom. The lowest BCUT2D eigenvalue weighted by molar-refractivity contribution is -0.386. The molecule has 1 N–H and O–H groups in total. The summed E-state index contributed by atoms with van der Waals surface area (Å²) in [5.74, 6) is 0.451. The number of benzene rings is 2. The van der Waals surface area contributed by atoms with Crippen LogP contribution in [0.5, 0.6) is 11.5 Å². The van der Waals surface area contributed by atoms with E-state index in [1.54, 1.807) is 39.2 Å². The first-order valence-electron chi connectivity index (χ1n) is 7.73. The van der Waals surface area contributed by atoms with E-state index in [1.807, 2.05) is 12.1 Å². The number of hydrogen-bond acceptors (Lipinski definition) is 5. The van der Waals surface area contributed by atoms with E-state index in [4.69, 9.17) is 9.47 Å². The molecule has 132 valence electrons. The Hall–Kier alpha value is -3.09. The molecule has 2 aromatic carbocycles. The van der Waals surface area contributed by atoms with Gasteiger partial charge in [0.05, 0.1) is 12.0 Å². The van der Waals surface area contributed by atoms with Crippen LogP contribution in [-0.4, -0.2) is 24.0 Å². The van der Waals surface area contributed by atoms with Crippen molar-refractivity contribution in [2.45, 2.75) is 26.5 Å². The van der Waals surface area contributed by atoms with E-state index in [9.17, 15) is 14.9 Å². The number of nitrogens with one attached hydrogen (secondary N) is 1. The van der Waals surface area contributed by atoms with Crippen LogP contribution in [0.2, 0.25) is 0 Å². The molecule has 0 bridgehead atoms. The maximum Gasteiger partial charge on any atom is 0.311 e. The molecule has 1 atom stereocenters. The quantitative estimate of drug-likeness (QED) is 0.616. The number of hydrogen-bond donors (Lipinski definition) is 1. The Bertz CT molecular complexity index is 759. The average molecular weight is 344 g/mol. The number of carbonyl (C=O) groups excluding carboxylic acids is 1. The van der Waals surface area contributed by atoms with Gasteiger partial charge in [0.2, 0.25) is 0 Å². The van der Waals surface area contributed by atoms with Gasteiger partial charge in [0, 0.05) is 12.6 Å². The maximum atomic E-state index is 12.2. The normalized spacial score (nSPS) is 11.5. The van der Waals surface area contributed by atoms with Crippen molar-refractivity contribution in [2.75, 3.05) is 7.11 Å². The van der Waals surface area contributed by atoms with Crippen molar-refractivity contribution < 1.29 is 19.2 Å². The van der Waals surface area contributed by atoms with Gasteiger partial charge in [-0.2, -0.15) is 0 Å². The van der Waals surface area contributed by atoms with Gasteiger partial charge in [0.1, 0.15) is 5.75 Å². The van der Waals surface area contributed by atoms with E-state index >= 15 is 0 Å². The van der Waals surface area contributed by atoms with Crippen molar-refractivity contribution in [1.82, 2.24) is 5.32 Å². The number of nitrogens with zero attached hydrogens (tertiary/aromatic N) is 1. The van der Waals surface area contributed by atoms with E-state index in [2.05, 4.69) is 5.32 Å². The fraction of sp³-hybridized carbons (Fsp3) is 0.278. The van der Waals surface area contributed by atoms with Gasteiger partial charge in [-0.3, -0.25) is 14.9 Å². The molecule has 0 saturated carbocycles. The number of nitro groups is 1. The molecule has 0 aromatic heterocycles. The first kappa shape index (κ1) is 18.3. The van der Waals surface area contributed by atoms with Gasteiger partial charge in [-0.15, -0.1) is 0 Å². The minimum absolute atomic E-state index is 0.0719. The molecule has 7 nitrogen and oxygen atoms in total. The molecule has 0 heterocycles. The second-order valence-corrected chi connectivity index (χ2v) is 5.55. The maximum absolute atomic E-state index is 12.2. The molecule has 0 spiro atoms. The molecule has 0 saturated heterocycles. The Labute approximate surface area is 145 Å². The summed E-state index contributed by atoms with van der Waals surface area (Å²) in [5, 5.41) is 13.8. The standard InChI is InChI=1S/C18H20N2O5/c1-12-4-9-17(16(10-12)20(22)23)25-13(2)18(21)19-11-14-5-7-15(24-3)8-6-14/h4-10,13H,11H2,1-3H3,(H,19,21)/t13-/m1/s1. The first-order valence-corrected chi connectivity index (χ1v) is 7.73. The zero-order valence-corrected chi connectivity index (χ0v) is 14.3. The van der Waals surface area contributed by atoms with E-state index in [0.29, 0.717) is 6.54 Å². The highest BCUT2D eigenvalue weighted by atomic mass is 16.6. The van der Waals surface area contributed by atoms with Gasteiger partial charge in [0.15, 0.2) is 11.9 Å². The van der Waals surface area contributed by atoms with Gasteiger partial charge < -0.3 is 14.8 Å². The highest BCUT2D eigenvalue weighted by molar-refractivity contribution is 5.80. The summed E-state index contributed by atoms with van der Waals surface area (Å²) in [5.41, 5.74) is 1.49. The fourth-order valence-corrected chi connectivity index (χ4v) is 2.19. The molecule has 2 aromatic rings. The molecular formula is C18H20N2O5. The van der Waals surface area contributed by atoms with Crippen molar-refractivity contribution in [3.63, 3.8) is 0 Å². The summed E-state index contributed by atoms with van der Waals surface area (Å²) in [6.07, 6.45) is -0.861. The van der Waals surface area contributed by atoms with E-state index < -0.39 is 11.0 Å². The van der Waals surface area contributed by atoms with Gasteiger partial charge in [-0.25, -0.2) is 0 Å². The van der Waals surface area contributed by atoms with Crippen LogP contribution in [0.4, 0.5) is 5.69 Å². The van der Waals surface area contributed by atoms with Crippen LogP contribution < -0.4 is 14.8 Å².